The minimum atomic E-state index is 0. The van der Waals surface area contributed by atoms with Gasteiger partial charge in [-0.25, -0.2) is 0 Å². The van der Waals surface area contributed by atoms with Crippen molar-refractivity contribution in [2.75, 3.05) is 5.73 Å². The summed E-state index contributed by atoms with van der Waals surface area (Å²) in [6.07, 6.45) is 1.58. The summed E-state index contributed by atoms with van der Waals surface area (Å²) in [5, 5.41) is 7.37. The quantitative estimate of drug-likeness (QED) is 0.832. The van der Waals surface area contributed by atoms with E-state index in [0.717, 1.165) is 0 Å². The van der Waals surface area contributed by atoms with Crippen molar-refractivity contribution in [3.05, 3.63) is 36.5 Å². The molecule has 2 rings (SSSR count). The molecular formula is C9H8N3OY-. The van der Waals surface area contributed by atoms with Gasteiger partial charge in [-0.15, -0.1) is 0 Å². The molecule has 1 radical (unpaired) electrons. The largest absolute Gasteiger partial charge is 0.579 e. The van der Waals surface area contributed by atoms with Gasteiger partial charge in [0.1, 0.15) is 5.75 Å². The van der Waals surface area contributed by atoms with Crippen molar-refractivity contribution in [3.63, 3.8) is 0 Å². The summed E-state index contributed by atoms with van der Waals surface area (Å²) >= 11 is 0. The smallest absolute Gasteiger partial charge is 0.198 e. The fourth-order valence-corrected chi connectivity index (χ4v) is 0.932. The fourth-order valence-electron chi connectivity index (χ4n) is 0.932. The van der Waals surface area contributed by atoms with Crippen LogP contribution in [0.1, 0.15) is 0 Å². The molecule has 14 heavy (non-hydrogen) atoms. The number of aromatic nitrogens is 2. The van der Waals surface area contributed by atoms with E-state index in [1.807, 2.05) is 0 Å². The van der Waals surface area contributed by atoms with Gasteiger partial charge in [0.2, 0.25) is 0 Å². The third-order valence-electron chi connectivity index (χ3n) is 1.54. The Morgan fingerprint density at radius 2 is 1.86 bits per heavy atom. The molecule has 1 heterocycles. The molecule has 0 spiro atoms. The fraction of sp³-hybridized carbons (Fsp3) is 0. The second kappa shape index (κ2) is 5.12. The summed E-state index contributed by atoms with van der Waals surface area (Å²) in [6, 6.07) is 8.79. The maximum atomic E-state index is 5.52. The molecule has 0 aliphatic rings. The molecule has 0 unspecified atom stereocenters. The SMILES string of the molecule is Nc1ccc(Oc2cc[n-]n2)cc1.[Y]. The van der Waals surface area contributed by atoms with E-state index >= 15 is 0 Å². The topological polar surface area (TPSA) is 62.2 Å². The molecule has 0 amide bonds. The average Bonchev–Trinajstić information content (AvgIpc) is 2.62. The Morgan fingerprint density at radius 1 is 1.14 bits per heavy atom. The summed E-state index contributed by atoms with van der Waals surface area (Å²) in [4.78, 5) is 0. The summed E-state index contributed by atoms with van der Waals surface area (Å²) in [5.41, 5.74) is 6.23. The minimum absolute atomic E-state index is 0. The summed E-state index contributed by atoms with van der Waals surface area (Å²) in [5.74, 6) is 1.19. The molecule has 2 N–H and O–H groups in total. The monoisotopic (exact) mass is 263 g/mol. The van der Waals surface area contributed by atoms with E-state index < -0.39 is 0 Å². The number of anilines is 1. The molecule has 69 valence electrons. The van der Waals surface area contributed by atoms with Crippen LogP contribution in [0.4, 0.5) is 5.69 Å². The minimum Gasteiger partial charge on any atom is -0.579 e. The van der Waals surface area contributed by atoms with Gasteiger partial charge >= 0.3 is 0 Å². The van der Waals surface area contributed by atoms with Crippen molar-refractivity contribution in [1.82, 2.24) is 10.2 Å². The second-order valence-corrected chi connectivity index (χ2v) is 2.54. The van der Waals surface area contributed by atoms with Crippen LogP contribution in [-0.4, -0.2) is 5.10 Å². The van der Waals surface area contributed by atoms with Crippen molar-refractivity contribution in [3.8, 4) is 11.6 Å². The van der Waals surface area contributed by atoms with E-state index in [1.54, 1.807) is 36.5 Å². The zero-order chi connectivity index (χ0) is 9.10. The Bertz CT molecular complexity index is 371. The van der Waals surface area contributed by atoms with Crippen molar-refractivity contribution < 1.29 is 37.4 Å². The first-order valence-electron chi connectivity index (χ1n) is 3.82. The van der Waals surface area contributed by atoms with Gasteiger partial charge in [0.15, 0.2) is 5.88 Å². The molecule has 0 aliphatic heterocycles. The molecule has 1 aromatic heterocycles. The summed E-state index contributed by atoms with van der Waals surface area (Å²) in [6.45, 7) is 0. The van der Waals surface area contributed by atoms with Crippen LogP contribution in [0, 0.1) is 0 Å². The van der Waals surface area contributed by atoms with Crippen LogP contribution in [0.5, 0.6) is 11.6 Å². The average molecular weight is 263 g/mol. The zero-order valence-corrected chi connectivity index (χ0v) is 10.3. The Kier molecular flexibility index (Phi) is 4.10. The molecule has 0 fully saturated rings. The van der Waals surface area contributed by atoms with E-state index in [2.05, 4.69) is 10.2 Å². The van der Waals surface area contributed by atoms with Gasteiger partial charge < -0.3 is 20.7 Å². The molecule has 5 heteroatoms. The van der Waals surface area contributed by atoms with Crippen LogP contribution >= 0.6 is 0 Å². The predicted molar refractivity (Wildman–Crippen MR) is 48.5 cm³/mol. The Balaban J connectivity index is 0.000000980. The molecule has 0 saturated heterocycles. The van der Waals surface area contributed by atoms with Crippen LogP contribution < -0.4 is 15.6 Å². The van der Waals surface area contributed by atoms with Crippen LogP contribution in [-0.2, 0) is 32.7 Å². The maximum Gasteiger partial charge on any atom is 0.198 e. The van der Waals surface area contributed by atoms with Gasteiger partial charge in [0, 0.05) is 38.4 Å². The van der Waals surface area contributed by atoms with E-state index in [0.29, 0.717) is 17.3 Å². The summed E-state index contributed by atoms with van der Waals surface area (Å²) < 4.78 is 5.34. The number of benzene rings is 1. The molecule has 0 saturated carbocycles. The van der Waals surface area contributed by atoms with Gasteiger partial charge in [0.05, 0.1) is 0 Å². The second-order valence-electron chi connectivity index (χ2n) is 2.54. The van der Waals surface area contributed by atoms with Crippen LogP contribution in [0.25, 0.3) is 0 Å². The molecule has 0 atom stereocenters. The van der Waals surface area contributed by atoms with Crippen molar-refractivity contribution in [1.29, 1.82) is 0 Å². The normalized spacial score (nSPS) is 9.14. The first-order valence-corrected chi connectivity index (χ1v) is 3.82. The molecular weight excluding hydrogens is 255 g/mol. The van der Waals surface area contributed by atoms with Gasteiger partial charge in [0.25, 0.3) is 0 Å². The molecule has 1 aromatic carbocycles. The Morgan fingerprint density at radius 3 is 2.43 bits per heavy atom. The molecule has 0 aliphatic carbocycles. The van der Waals surface area contributed by atoms with Crippen LogP contribution in [0.2, 0.25) is 0 Å². The van der Waals surface area contributed by atoms with Crippen LogP contribution in [0.15, 0.2) is 36.5 Å². The number of hydrogen-bond donors (Lipinski definition) is 1. The Hall–Kier alpha value is -0.866. The zero-order valence-electron chi connectivity index (χ0n) is 7.42. The van der Waals surface area contributed by atoms with Crippen LogP contribution in [0.3, 0.4) is 0 Å². The summed E-state index contributed by atoms with van der Waals surface area (Å²) in [7, 11) is 0. The van der Waals surface area contributed by atoms with E-state index in [-0.39, 0.29) is 32.7 Å². The number of hydrogen-bond acceptors (Lipinski definition) is 3. The maximum absolute atomic E-state index is 5.52. The number of nitrogen functional groups attached to an aromatic ring is 1. The molecule has 0 bridgehead atoms. The standard InChI is InChI=1S/C9H8N3O.Y/c10-7-1-3-8(4-2-7)13-9-5-6-11-12-9;/h1-6H,10H2;/q-1;. The number of ether oxygens (including phenoxy) is 1. The van der Waals surface area contributed by atoms with Gasteiger partial charge in [-0.1, -0.05) is 0 Å². The molecule has 4 nitrogen and oxygen atoms in total. The predicted octanol–water partition coefficient (Wildman–Crippen LogP) is 1.41. The van der Waals surface area contributed by atoms with Gasteiger partial charge in [-0.05, 0) is 30.3 Å². The first kappa shape index (κ1) is 11.2. The van der Waals surface area contributed by atoms with E-state index in [9.17, 15) is 0 Å². The van der Waals surface area contributed by atoms with Crippen molar-refractivity contribution >= 4 is 5.69 Å². The number of nitrogens with zero attached hydrogens (tertiary/aromatic N) is 2. The first-order chi connectivity index (χ1) is 6.34. The van der Waals surface area contributed by atoms with E-state index in [4.69, 9.17) is 10.5 Å². The Labute approximate surface area is 107 Å². The number of nitrogens with two attached hydrogens (primary N) is 1. The van der Waals surface area contributed by atoms with Crippen molar-refractivity contribution in [2.45, 2.75) is 0 Å². The van der Waals surface area contributed by atoms with Gasteiger partial charge in [-0.2, -0.15) is 6.20 Å². The number of rotatable bonds is 2. The van der Waals surface area contributed by atoms with Gasteiger partial charge in [-0.3, -0.25) is 0 Å². The third kappa shape index (κ3) is 2.82. The molecule has 2 aromatic rings. The van der Waals surface area contributed by atoms with Crippen molar-refractivity contribution in [2.24, 2.45) is 0 Å². The van der Waals surface area contributed by atoms with E-state index in [1.165, 1.54) is 0 Å². The third-order valence-corrected chi connectivity index (χ3v) is 1.54.